The molecule has 14 nitrogen and oxygen atoms in total. The maximum absolute atomic E-state index is 14.6. The first-order valence-corrected chi connectivity index (χ1v) is 15.7. The second kappa shape index (κ2) is 10.6. The van der Waals surface area contributed by atoms with E-state index in [1.165, 1.54) is 14.2 Å². The van der Waals surface area contributed by atoms with Crippen molar-refractivity contribution in [3.63, 3.8) is 0 Å². The molecule has 0 saturated carbocycles. The molecule has 1 aliphatic carbocycles. The highest BCUT2D eigenvalue weighted by atomic mass is 32.2. The van der Waals surface area contributed by atoms with E-state index in [0.717, 1.165) is 0 Å². The molecule has 2 aromatic rings. The lowest BCUT2D eigenvalue weighted by molar-refractivity contribution is -0.310. The van der Waals surface area contributed by atoms with Crippen LogP contribution >= 0.6 is 0 Å². The highest BCUT2D eigenvalue weighted by molar-refractivity contribution is 7.92. The predicted molar refractivity (Wildman–Crippen MR) is 146 cm³/mol. The number of sulfone groups is 1. The maximum Gasteiger partial charge on any atom is 0.310 e. The molecule has 7 rings (SSSR count). The van der Waals surface area contributed by atoms with Crippen molar-refractivity contribution in [2.75, 3.05) is 34.2 Å². The summed E-state index contributed by atoms with van der Waals surface area (Å²) < 4.78 is 73.8. The number of carbonyl (C=O) groups excluding carboxylic acids is 1. The lowest BCUT2D eigenvalue weighted by Gasteiger charge is -2.47. The van der Waals surface area contributed by atoms with Gasteiger partial charge in [-0.25, -0.2) is 8.42 Å². The van der Waals surface area contributed by atoms with Crippen molar-refractivity contribution in [1.29, 1.82) is 0 Å². The van der Waals surface area contributed by atoms with E-state index < -0.39 is 75.0 Å². The number of phenolic OH excluding ortho intramolecular Hbond substituents is 1. The molecule has 238 valence electrons. The number of rotatable bonds is 5. The number of aliphatic hydroxyl groups is 2. The fourth-order valence-corrected chi connectivity index (χ4v) is 9.57. The summed E-state index contributed by atoms with van der Waals surface area (Å²) in [6.45, 7) is 1.25. The second-order valence-electron chi connectivity index (χ2n) is 11.4. The zero-order valence-electron chi connectivity index (χ0n) is 23.9. The van der Waals surface area contributed by atoms with Crippen LogP contribution in [-0.4, -0.2) is 100 Å². The molecule has 15 heteroatoms. The van der Waals surface area contributed by atoms with Crippen LogP contribution in [0.2, 0.25) is 0 Å². The van der Waals surface area contributed by atoms with Crippen LogP contribution < -0.4 is 18.9 Å². The number of esters is 1. The van der Waals surface area contributed by atoms with E-state index in [2.05, 4.69) is 0 Å². The Morgan fingerprint density at radius 1 is 0.886 bits per heavy atom. The lowest BCUT2D eigenvalue weighted by Crippen LogP contribution is -2.64. The molecule has 0 radical (unpaired) electrons. The quantitative estimate of drug-likeness (QED) is 0.390. The monoisotopic (exact) mass is 636 g/mol. The van der Waals surface area contributed by atoms with Gasteiger partial charge in [0, 0.05) is 11.8 Å². The van der Waals surface area contributed by atoms with Gasteiger partial charge in [-0.15, -0.1) is 0 Å². The fourth-order valence-electron chi connectivity index (χ4n) is 7.14. The van der Waals surface area contributed by atoms with Crippen molar-refractivity contribution in [2.24, 2.45) is 11.8 Å². The number of phenols is 1. The fraction of sp³-hybridized carbons (Fsp3) is 0.552. The predicted octanol–water partition coefficient (Wildman–Crippen LogP) is 0.737. The number of carbonyl (C=O) groups is 1. The highest BCUT2D eigenvalue weighted by Gasteiger charge is 2.61. The Morgan fingerprint density at radius 2 is 1.55 bits per heavy atom. The van der Waals surface area contributed by atoms with Crippen LogP contribution in [0, 0.1) is 11.8 Å². The van der Waals surface area contributed by atoms with Crippen LogP contribution in [0.15, 0.2) is 24.3 Å². The number of ether oxygens (including phenoxy) is 8. The molecule has 3 saturated heterocycles. The molecule has 4 heterocycles. The van der Waals surface area contributed by atoms with Gasteiger partial charge in [-0.2, -0.15) is 0 Å². The average Bonchev–Trinajstić information content (AvgIpc) is 3.62. The molecule has 44 heavy (non-hydrogen) atoms. The van der Waals surface area contributed by atoms with Gasteiger partial charge in [0.05, 0.1) is 38.6 Å². The van der Waals surface area contributed by atoms with E-state index in [9.17, 15) is 28.5 Å². The first kappa shape index (κ1) is 29.4. The number of aliphatic hydroxyl groups excluding tert-OH is 2. The standard InChI is InChI=1S/C29H32O14S/c1-11-38-9-20-26(42-11)24(31)25(32)29(43-20)44(34,35)27-14-7-17-16(40-10-41-17)6-13(14)21(22-15(27)8-39-28(22)33)12-4-18(36-2)23(30)19(5-12)37-3/h4-7,11,15,20-22,24-27,29-32H,8-10H2,1-3H3/t11?,15-,20-,21+,22-,24-,25-,26-,27+,29+/m1/s1. The molecular weight excluding hydrogens is 604 g/mol. The summed E-state index contributed by atoms with van der Waals surface area (Å²) in [7, 11) is -1.79. The normalized spacial score (nSPS) is 35.7. The second-order valence-corrected chi connectivity index (χ2v) is 13.6. The van der Waals surface area contributed by atoms with Crippen molar-refractivity contribution < 1.29 is 66.4 Å². The molecule has 0 spiro atoms. The van der Waals surface area contributed by atoms with Crippen molar-refractivity contribution in [3.05, 3.63) is 41.0 Å². The van der Waals surface area contributed by atoms with E-state index in [-0.39, 0.29) is 37.3 Å². The number of benzene rings is 2. The van der Waals surface area contributed by atoms with Crippen molar-refractivity contribution in [2.45, 2.75) is 54.2 Å². The first-order valence-electron chi connectivity index (χ1n) is 14.1. The Bertz CT molecular complexity index is 1570. The highest BCUT2D eigenvalue weighted by Crippen LogP contribution is 2.58. The Morgan fingerprint density at radius 3 is 2.20 bits per heavy atom. The summed E-state index contributed by atoms with van der Waals surface area (Å²) in [6, 6.07) is 6.31. The molecule has 0 bridgehead atoms. The van der Waals surface area contributed by atoms with Crippen LogP contribution in [0.3, 0.4) is 0 Å². The van der Waals surface area contributed by atoms with Crippen molar-refractivity contribution >= 4 is 15.8 Å². The van der Waals surface area contributed by atoms with Gasteiger partial charge < -0.3 is 53.2 Å². The van der Waals surface area contributed by atoms with E-state index >= 15 is 0 Å². The maximum atomic E-state index is 14.6. The number of fused-ring (bicyclic) bond motifs is 4. The minimum Gasteiger partial charge on any atom is -0.502 e. The van der Waals surface area contributed by atoms with Gasteiger partial charge in [0.25, 0.3) is 0 Å². The van der Waals surface area contributed by atoms with Gasteiger partial charge in [0.2, 0.25) is 12.5 Å². The number of aromatic hydroxyl groups is 1. The van der Waals surface area contributed by atoms with Crippen LogP contribution in [0.4, 0.5) is 0 Å². The zero-order chi connectivity index (χ0) is 31.1. The molecular formula is C29H32O14S. The van der Waals surface area contributed by atoms with Gasteiger partial charge in [-0.3, -0.25) is 4.79 Å². The minimum absolute atomic E-state index is 0.0538. The molecule has 3 fully saturated rings. The Hall–Kier alpha value is -3.34. The van der Waals surface area contributed by atoms with Crippen molar-refractivity contribution in [3.8, 4) is 28.7 Å². The molecule has 1 unspecified atom stereocenters. The largest absolute Gasteiger partial charge is 0.502 e. The minimum atomic E-state index is -4.54. The van der Waals surface area contributed by atoms with Crippen LogP contribution in [0.5, 0.6) is 28.7 Å². The van der Waals surface area contributed by atoms with E-state index in [1.54, 1.807) is 31.2 Å². The third-order valence-electron chi connectivity index (χ3n) is 9.14. The summed E-state index contributed by atoms with van der Waals surface area (Å²) >= 11 is 0. The SMILES string of the molecule is COc1cc([C@H]2c3cc4c(cc3[C@H](S(=O)(=O)[C@@H]3O[C@@H]5COC(C)O[C@H]5[C@H](O)[C@H]3O)[C@@H]3COC(=O)[C@@H]23)OCO4)cc(OC)c1O. The summed E-state index contributed by atoms with van der Waals surface area (Å²) in [5.41, 5.74) is -0.648. The van der Waals surface area contributed by atoms with Crippen LogP contribution in [-0.2, 0) is 33.6 Å². The summed E-state index contributed by atoms with van der Waals surface area (Å²) in [5.74, 6) is -2.74. The van der Waals surface area contributed by atoms with E-state index in [4.69, 9.17) is 37.9 Å². The third-order valence-corrected chi connectivity index (χ3v) is 11.5. The number of methoxy groups -OCH3 is 2. The molecule has 5 aliphatic rings. The summed E-state index contributed by atoms with van der Waals surface area (Å²) in [4.78, 5) is 13.5. The van der Waals surface area contributed by atoms with Crippen LogP contribution in [0.25, 0.3) is 0 Å². The van der Waals surface area contributed by atoms with Crippen LogP contribution in [0.1, 0.15) is 34.8 Å². The summed E-state index contributed by atoms with van der Waals surface area (Å²) in [5, 5.41) is 31.2. The van der Waals surface area contributed by atoms with Gasteiger partial charge in [-0.05, 0) is 47.9 Å². The van der Waals surface area contributed by atoms with Gasteiger partial charge in [0.1, 0.15) is 24.4 Å². The topological polar surface area (TPSA) is 186 Å². The molecule has 2 aromatic carbocycles. The Balaban J connectivity index is 1.39. The zero-order valence-corrected chi connectivity index (χ0v) is 24.8. The number of hydrogen-bond acceptors (Lipinski definition) is 14. The van der Waals surface area contributed by atoms with E-state index in [0.29, 0.717) is 28.2 Å². The summed E-state index contributed by atoms with van der Waals surface area (Å²) in [6.07, 6.45) is -6.09. The van der Waals surface area contributed by atoms with Gasteiger partial charge >= 0.3 is 5.97 Å². The molecule has 10 atom stereocenters. The molecule has 3 N–H and O–H groups in total. The average molecular weight is 637 g/mol. The third kappa shape index (κ3) is 4.32. The van der Waals surface area contributed by atoms with E-state index in [1.807, 2.05) is 0 Å². The van der Waals surface area contributed by atoms with Gasteiger partial charge in [0.15, 0.2) is 44.6 Å². The Kier molecular flexibility index (Phi) is 7.10. The lowest BCUT2D eigenvalue weighted by atomic mass is 9.67. The van der Waals surface area contributed by atoms with Gasteiger partial charge in [-0.1, -0.05) is 0 Å². The molecule has 4 aliphatic heterocycles. The number of hydrogen-bond donors (Lipinski definition) is 3. The Labute approximate surface area is 252 Å². The molecule has 0 aromatic heterocycles. The molecule has 0 amide bonds. The smallest absolute Gasteiger partial charge is 0.310 e. The van der Waals surface area contributed by atoms with Crippen molar-refractivity contribution in [1.82, 2.24) is 0 Å². The number of cyclic esters (lactones) is 1. The first-order chi connectivity index (χ1) is 21.0.